The van der Waals surface area contributed by atoms with Crippen LogP contribution in [0.3, 0.4) is 0 Å². The number of carbonyl (C=O) groups is 1. The highest BCUT2D eigenvalue weighted by Gasteiger charge is 2.18. The number of nitrogens with zero attached hydrogens (tertiary/aromatic N) is 4. The summed E-state index contributed by atoms with van der Waals surface area (Å²) >= 11 is 0. The normalized spacial score (nSPS) is 11.6. The summed E-state index contributed by atoms with van der Waals surface area (Å²) in [5, 5.41) is 9.67. The molecular formula is C19H21N5O4S. The van der Waals surface area contributed by atoms with Gasteiger partial charge in [-0.25, -0.2) is 13.2 Å². The van der Waals surface area contributed by atoms with Gasteiger partial charge in [0.05, 0.1) is 22.3 Å². The van der Waals surface area contributed by atoms with Crippen molar-refractivity contribution >= 4 is 21.4 Å². The van der Waals surface area contributed by atoms with Crippen molar-refractivity contribution in [3.05, 3.63) is 64.6 Å². The zero-order valence-electron chi connectivity index (χ0n) is 16.2. The number of nitrogens with one attached hydrogen (secondary N) is 1. The summed E-state index contributed by atoms with van der Waals surface area (Å²) in [6.45, 7) is 3.26. The summed E-state index contributed by atoms with van der Waals surface area (Å²) in [5.74, 6) is -0.242. The number of anilines is 1. The van der Waals surface area contributed by atoms with Crippen molar-refractivity contribution in [1.82, 2.24) is 19.8 Å². The standard InChI is InChI=1S/C19H21N5O4S/c1-13(2)29(27,28)17-10-4-14(5-11-17)12-18(25)20-15-6-8-16(9-7-15)24-19(26)23(3)21-22-24/h4-11,13H,12H2,1-3H3,(H,20,25). The highest BCUT2D eigenvalue weighted by molar-refractivity contribution is 7.92. The maximum Gasteiger partial charge on any atom is 0.368 e. The van der Waals surface area contributed by atoms with Crippen LogP contribution in [-0.2, 0) is 28.1 Å². The maximum atomic E-state index is 12.3. The molecule has 0 spiro atoms. The highest BCUT2D eigenvalue weighted by Crippen LogP contribution is 2.17. The number of aromatic nitrogens is 4. The van der Waals surface area contributed by atoms with Crippen molar-refractivity contribution in [2.75, 3.05) is 5.32 Å². The monoisotopic (exact) mass is 415 g/mol. The number of hydrogen-bond acceptors (Lipinski definition) is 6. The van der Waals surface area contributed by atoms with Crippen LogP contribution in [0, 0.1) is 0 Å². The van der Waals surface area contributed by atoms with Gasteiger partial charge < -0.3 is 5.32 Å². The second kappa shape index (κ2) is 8.00. The van der Waals surface area contributed by atoms with Crippen LogP contribution in [0.1, 0.15) is 19.4 Å². The van der Waals surface area contributed by atoms with Gasteiger partial charge >= 0.3 is 5.69 Å². The third kappa shape index (κ3) is 4.43. The van der Waals surface area contributed by atoms with E-state index in [0.29, 0.717) is 16.9 Å². The number of aryl methyl sites for hydroxylation is 1. The fourth-order valence-electron chi connectivity index (χ4n) is 2.62. The first kappa shape index (κ1) is 20.5. The van der Waals surface area contributed by atoms with Crippen molar-refractivity contribution < 1.29 is 13.2 Å². The first-order valence-corrected chi connectivity index (χ1v) is 10.5. The molecule has 0 radical (unpaired) electrons. The number of sulfone groups is 1. The minimum absolute atomic E-state index is 0.105. The molecule has 152 valence electrons. The number of carbonyl (C=O) groups excluding carboxylic acids is 1. The zero-order chi connectivity index (χ0) is 21.2. The summed E-state index contributed by atoms with van der Waals surface area (Å²) in [4.78, 5) is 24.4. The number of benzene rings is 2. The lowest BCUT2D eigenvalue weighted by Gasteiger charge is -2.09. The summed E-state index contributed by atoms with van der Waals surface area (Å²) in [7, 11) is -1.83. The van der Waals surface area contributed by atoms with E-state index >= 15 is 0 Å². The van der Waals surface area contributed by atoms with Gasteiger partial charge in [0.25, 0.3) is 0 Å². The molecule has 1 amide bonds. The minimum atomic E-state index is -3.34. The van der Waals surface area contributed by atoms with Gasteiger partial charge in [0.2, 0.25) is 5.91 Å². The van der Waals surface area contributed by atoms with Gasteiger partial charge in [0.15, 0.2) is 9.84 Å². The molecule has 1 N–H and O–H groups in total. The van der Waals surface area contributed by atoms with E-state index < -0.39 is 15.1 Å². The van der Waals surface area contributed by atoms with E-state index in [1.807, 2.05) is 0 Å². The second-order valence-electron chi connectivity index (χ2n) is 6.81. The van der Waals surface area contributed by atoms with E-state index in [4.69, 9.17) is 0 Å². The van der Waals surface area contributed by atoms with Crippen molar-refractivity contribution in [3.63, 3.8) is 0 Å². The minimum Gasteiger partial charge on any atom is -0.326 e. The number of tetrazole rings is 1. The van der Waals surface area contributed by atoms with Crippen molar-refractivity contribution in [1.29, 1.82) is 0 Å². The highest BCUT2D eigenvalue weighted by atomic mass is 32.2. The van der Waals surface area contributed by atoms with Crippen LogP contribution in [0.15, 0.2) is 58.2 Å². The lowest BCUT2D eigenvalue weighted by molar-refractivity contribution is -0.115. The number of hydrogen-bond donors (Lipinski definition) is 1. The van der Waals surface area contributed by atoms with E-state index in [0.717, 1.165) is 9.36 Å². The molecule has 0 fully saturated rings. The van der Waals surface area contributed by atoms with Gasteiger partial charge in [-0.05, 0) is 66.2 Å². The van der Waals surface area contributed by atoms with Gasteiger partial charge in [0.1, 0.15) is 0 Å². The van der Waals surface area contributed by atoms with Crippen LogP contribution in [0.2, 0.25) is 0 Å². The SMILES string of the molecule is CC(C)S(=O)(=O)c1ccc(CC(=O)Nc2ccc(-n3nnn(C)c3=O)cc2)cc1. The quantitative estimate of drug-likeness (QED) is 0.649. The Hall–Kier alpha value is -3.27. The Labute approximate surface area is 167 Å². The zero-order valence-corrected chi connectivity index (χ0v) is 17.0. The van der Waals surface area contributed by atoms with E-state index in [1.54, 1.807) is 50.2 Å². The molecular weight excluding hydrogens is 394 g/mol. The Morgan fingerprint density at radius 3 is 2.17 bits per heavy atom. The Kier molecular flexibility index (Phi) is 5.64. The van der Waals surface area contributed by atoms with Crippen molar-refractivity contribution in [3.8, 4) is 5.69 Å². The van der Waals surface area contributed by atoms with Crippen LogP contribution in [0.4, 0.5) is 5.69 Å². The van der Waals surface area contributed by atoms with Crippen molar-refractivity contribution in [2.24, 2.45) is 7.05 Å². The number of amides is 1. The lowest BCUT2D eigenvalue weighted by atomic mass is 10.1. The summed E-state index contributed by atoms with van der Waals surface area (Å²) in [5.41, 5.74) is 1.43. The molecule has 1 aromatic heterocycles. The van der Waals surface area contributed by atoms with Crippen LogP contribution >= 0.6 is 0 Å². The maximum absolute atomic E-state index is 12.3. The molecule has 29 heavy (non-hydrogen) atoms. The summed E-state index contributed by atoms with van der Waals surface area (Å²) < 4.78 is 26.6. The molecule has 0 aliphatic carbocycles. The average Bonchev–Trinajstić information content (AvgIpc) is 3.01. The Balaban J connectivity index is 1.65. The molecule has 0 saturated carbocycles. The molecule has 3 aromatic rings. The van der Waals surface area contributed by atoms with Gasteiger partial charge in [0, 0.05) is 12.7 Å². The molecule has 1 heterocycles. The average molecular weight is 415 g/mol. The van der Waals surface area contributed by atoms with E-state index in [2.05, 4.69) is 15.7 Å². The molecule has 0 aliphatic rings. The predicted octanol–water partition coefficient (Wildman–Crippen LogP) is 1.33. The smallest absolute Gasteiger partial charge is 0.326 e. The molecule has 0 bridgehead atoms. The second-order valence-corrected chi connectivity index (χ2v) is 9.31. The Bertz CT molecular complexity index is 1180. The molecule has 0 atom stereocenters. The fourth-order valence-corrected chi connectivity index (χ4v) is 3.68. The van der Waals surface area contributed by atoms with Crippen molar-refractivity contribution in [2.45, 2.75) is 30.4 Å². The Morgan fingerprint density at radius 1 is 1.03 bits per heavy atom. The molecule has 0 saturated heterocycles. The van der Waals surface area contributed by atoms with Gasteiger partial charge in [-0.1, -0.05) is 12.1 Å². The van der Waals surface area contributed by atoms with E-state index in [9.17, 15) is 18.0 Å². The Morgan fingerprint density at radius 2 is 1.66 bits per heavy atom. The topological polar surface area (TPSA) is 116 Å². The molecule has 9 nitrogen and oxygen atoms in total. The van der Waals surface area contributed by atoms with E-state index in [-0.39, 0.29) is 22.9 Å². The molecule has 0 unspecified atom stereocenters. The molecule has 3 rings (SSSR count). The molecule has 10 heteroatoms. The first-order valence-electron chi connectivity index (χ1n) is 8.90. The third-order valence-corrected chi connectivity index (χ3v) is 6.52. The largest absolute Gasteiger partial charge is 0.368 e. The predicted molar refractivity (Wildman–Crippen MR) is 108 cm³/mol. The van der Waals surface area contributed by atoms with Crippen LogP contribution in [0.25, 0.3) is 5.69 Å². The van der Waals surface area contributed by atoms with Gasteiger partial charge in [-0.2, -0.15) is 9.36 Å². The van der Waals surface area contributed by atoms with E-state index in [1.165, 1.54) is 19.2 Å². The molecule has 0 aliphatic heterocycles. The van der Waals surface area contributed by atoms with Gasteiger partial charge in [-0.3, -0.25) is 4.79 Å². The fraction of sp³-hybridized carbons (Fsp3) is 0.263. The van der Waals surface area contributed by atoms with Crippen LogP contribution in [0.5, 0.6) is 0 Å². The first-order chi connectivity index (χ1) is 13.7. The van der Waals surface area contributed by atoms with Crippen LogP contribution in [-0.4, -0.2) is 39.4 Å². The lowest BCUT2D eigenvalue weighted by Crippen LogP contribution is -2.21. The third-order valence-electron chi connectivity index (χ3n) is 4.35. The number of rotatable bonds is 6. The summed E-state index contributed by atoms with van der Waals surface area (Å²) in [6, 6.07) is 12.9. The summed E-state index contributed by atoms with van der Waals surface area (Å²) in [6.07, 6.45) is 0.105. The van der Waals surface area contributed by atoms with Gasteiger partial charge in [-0.15, -0.1) is 0 Å². The van der Waals surface area contributed by atoms with Crippen LogP contribution < -0.4 is 11.0 Å². The molecule has 2 aromatic carbocycles.